The summed E-state index contributed by atoms with van der Waals surface area (Å²) < 4.78 is 1.80. The summed E-state index contributed by atoms with van der Waals surface area (Å²) in [7, 11) is 0. The van der Waals surface area contributed by atoms with E-state index in [2.05, 4.69) is 23.3 Å². The maximum atomic E-state index is 12.8. The van der Waals surface area contributed by atoms with Gasteiger partial charge in [-0.05, 0) is 36.1 Å². The number of amides is 1. The highest BCUT2D eigenvalue weighted by molar-refractivity contribution is 5.90. The summed E-state index contributed by atoms with van der Waals surface area (Å²) in [6.07, 6.45) is 3.37. The first-order valence-electron chi connectivity index (χ1n) is 9.56. The van der Waals surface area contributed by atoms with E-state index in [1.54, 1.807) is 11.6 Å². The van der Waals surface area contributed by atoms with Crippen molar-refractivity contribution in [2.45, 2.75) is 32.2 Å². The fourth-order valence-electron chi connectivity index (χ4n) is 4.08. The molecule has 6 heteroatoms. The Morgan fingerprint density at radius 2 is 1.82 bits per heavy atom. The zero-order valence-corrected chi connectivity index (χ0v) is 15.8. The molecule has 144 valence electrons. The first kappa shape index (κ1) is 18.2. The molecule has 0 spiro atoms. The van der Waals surface area contributed by atoms with E-state index >= 15 is 0 Å². The molecule has 6 nitrogen and oxygen atoms in total. The number of nitrogens with zero attached hydrogens (tertiary/aromatic N) is 3. The molecule has 4 rings (SSSR count). The normalized spacial score (nSPS) is 15.1. The van der Waals surface area contributed by atoms with Crippen LogP contribution in [0, 0.1) is 6.92 Å². The summed E-state index contributed by atoms with van der Waals surface area (Å²) >= 11 is 0. The third-order valence-corrected chi connectivity index (χ3v) is 5.66. The number of piperidine rings is 1. The summed E-state index contributed by atoms with van der Waals surface area (Å²) in [5.74, 6) is -0.815. The topological polar surface area (TPSA) is 75.4 Å². The third kappa shape index (κ3) is 3.38. The number of likely N-dealkylation sites (tertiary alicyclic amines) is 1. The molecule has 1 saturated heterocycles. The van der Waals surface area contributed by atoms with Crippen LogP contribution in [0.4, 0.5) is 0 Å². The summed E-state index contributed by atoms with van der Waals surface area (Å²) in [6.45, 7) is 3.11. The van der Waals surface area contributed by atoms with Crippen LogP contribution >= 0.6 is 0 Å². The van der Waals surface area contributed by atoms with Gasteiger partial charge in [-0.2, -0.15) is 5.10 Å². The number of fused-ring (bicyclic) bond motifs is 1. The van der Waals surface area contributed by atoms with Gasteiger partial charge in [-0.1, -0.05) is 42.5 Å². The standard InChI is InChI=1S/C22H23N3O3/c1-15-20(22(27)28)14-23-25(15)18-9-11-24(12-10-18)21(26)13-17-7-4-6-16-5-2-3-8-19(16)17/h2-8,14,18H,9-13H2,1H3,(H,27,28). The molecule has 1 fully saturated rings. The van der Waals surface area contributed by atoms with Crippen molar-refractivity contribution in [2.75, 3.05) is 13.1 Å². The molecule has 0 radical (unpaired) electrons. The second-order valence-electron chi connectivity index (χ2n) is 7.32. The van der Waals surface area contributed by atoms with Gasteiger partial charge in [0.2, 0.25) is 5.91 Å². The lowest BCUT2D eigenvalue weighted by atomic mass is 10.00. The molecular weight excluding hydrogens is 354 g/mol. The molecule has 2 aromatic carbocycles. The van der Waals surface area contributed by atoms with Gasteiger partial charge in [-0.3, -0.25) is 9.48 Å². The van der Waals surface area contributed by atoms with Crippen LogP contribution in [0.2, 0.25) is 0 Å². The van der Waals surface area contributed by atoms with Crippen molar-refractivity contribution < 1.29 is 14.7 Å². The lowest BCUT2D eigenvalue weighted by molar-refractivity contribution is -0.131. The van der Waals surface area contributed by atoms with Gasteiger partial charge in [0.05, 0.1) is 24.4 Å². The number of carbonyl (C=O) groups excluding carboxylic acids is 1. The molecule has 1 amide bonds. The van der Waals surface area contributed by atoms with Crippen molar-refractivity contribution in [3.8, 4) is 0 Å². The smallest absolute Gasteiger partial charge is 0.339 e. The predicted octanol–water partition coefficient (Wildman–Crippen LogP) is 3.45. The minimum absolute atomic E-state index is 0.134. The summed E-state index contributed by atoms with van der Waals surface area (Å²) in [4.78, 5) is 26.0. The van der Waals surface area contributed by atoms with E-state index in [-0.39, 0.29) is 17.5 Å². The average molecular weight is 377 g/mol. The monoisotopic (exact) mass is 377 g/mol. The van der Waals surface area contributed by atoms with Crippen molar-refractivity contribution in [3.05, 3.63) is 65.5 Å². The fourth-order valence-corrected chi connectivity index (χ4v) is 4.08. The first-order valence-corrected chi connectivity index (χ1v) is 9.56. The molecule has 0 saturated carbocycles. The SMILES string of the molecule is Cc1c(C(=O)O)cnn1C1CCN(C(=O)Cc2cccc3ccccc23)CC1. The Hall–Kier alpha value is -3.15. The van der Waals surface area contributed by atoms with Crippen LogP contribution in [-0.2, 0) is 11.2 Å². The van der Waals surface area contributed by atoms with Crippen LogP contribution in [0.3, 0.4) is 0 Å². The molecule has 1 aliphatic rings. The van der Waals surface area contributed by atoms with Crippen molar-refractivity contribution in [2.24, 2.45) is 0 Å². The van der Waals surface area contributed by atoms with Crippen molar-refractivity contribution in [1.82, 2.24) is 14.7 Å². The summed E-state index contributed by atoms with van der Waals surface area (Å²) in [5, 5.41) is 15.7. The molecule has 28 heavy (non-hydrogen) atoms. The molecule has 1 aliphatic heterocycles. The second-order valence-corrected chi connectivity index (χ2v) is 7.32. The highest BCUT2D eigenvalue weighted by Gasteiger charge is 2.26. The Morgan fingerprint density at radius 3 is 2.54 bits per heavy atom. The molecule has 0 unspecified atom stereocenters. The quantitative estimate of drug-likeness (QED) is 0.756. The highest BCUT2D eigenvalue weighted by Crippen LogP contribution is 2.26. The third-order valence-electron chi connectivity index (χ3n) is 5.66. The molecule has 2 heterocycles. The van der Waals surface area contributed by atoms with Crippen LogP contribution < -0.4 is 0 Å². The number of benzene rings is 2. The number of aromatic carboxylic acids is 1. The Balaban J connectivity index is 1.42. The number of aromatic nitrogens is 2. The molecule has 0 aliphatic carbocycles. The molecule has 1 aromatic heterocycles. The van der Waals surface area contributed by atoms with Crippen LogP contribution in [0.15, 0.2) is 48.7 Å². The number of carbonyl (C=O) groups is 2. The maximum Gasteiger partial charge on any atom is 0.339 e. The predicted molar refractivity (Wildman–Crippen MR) is 106 cm³/mol. The van der Waals surface area contributed by atoms with E-state index in [0.29, 0.717) is 25.2 Å². The maximum absolute atomic E-state index is 12.8. The van der Waals surface area contributed by atoms with E-state index in [1.165, 1.54) is 6.20 Å². The average Bonchev–Trinajstić information content (AvgIpc) is 3.10. The molecule has 0 atom stereocenters. The fraction of sp³-hybridized carbons (Fsp3) is 0.318. The Bertz CT molecular complexity index is 1030. The molecule has 1 N–H and O–H groups in total. The zero-order valence-electron chi connectivity index (χ0n) is 15.8. The van der Waals surface area contributed by atoms with E-state index in [9.17, 15) is 14.7 Å². The molecule has 0 bridgehead atoms. The lowest BCUT2D eigenvalue weighted by Gasteiger charge is -2.32. The Labute approximate surface area is 163 Å². The van der Waals surface area contributed by atoms with E-state index in [4.69, 9.17) is 0 Å². The van der Waals surface area contributed by atoms with Crippen LogP contribution in [0.5, 0.6) is 0 Å². The van der Waals surface area contributed by atoms with Gasteiger partial charge >= 0.3 is 5.97 Å². The van der Waals surface area contributed by atoms with Gasteiger partial charge in [0, 0.05) is 13.1 Å². The van der Waals surface area contributed by atoms with Crippen LogP contribution in [0.1, 0.15) is 40.5 Å². The summed E-state index contributed by atoms with van der Waals surface area (Å²) in [6, 6.07) is 14.3. The van der Waals surface area contributed by atoms with Gasteiger partial charge in [-0.25, -0.2) is 4.79 Å². The number of hydrogen-bond donors (Lipinski definition) is 1. The number of carboxylic acid groups (broad SMARTS) is 1. The van der Waals surface area contributed by atoms with Crippen molar-refractivity contribution in [1.29, 1.82) is 0 Å². The van der Waals surface area contributed by atoms with Crippen LogP contribution in [0.25, 0.3) is 10.8 Å². The van der Waals surface area contributed by atoms with Crippen LogP contribution in [-0.4, -0.2) is 44.8 Å². The van der Waals surface area contributed by atoms with Gasteiger partial charge in [-0.15, -0.1) is 0 Å². The van der Waals surface area contributed by atoms with Crippen molar-refractivity contribution >= 4 is 22.6 Å². The summed E-state index contributed by atoms with van der Waals surface area (Å²) in [5.41, 5.74) is 1.97. The van der Waals surface area contributed by atoms with Gasteiger partial charge in [0.15, 0.2) is 0 Å². The molecular formula is C22H23N3O3. The zero-order chi connectivity index (χ0) is 19.7. The Morgan fingerprint density at radius 1 is 1.11 bits per heavy atom. The minimum Gasteiger partial charge on any atom is -0.478 e. The van der Waals surface area contributed by atoms with Gasteiger partial charge in [0.25, 0.3) is 0 Å². The van der Waals surface area contributed by atoms with E-state index in [0.717, 1.165) is 29.2 Å². The lowest BCUT2D eigenvalue weighted by Crippen LogP contribution is -2.40. The number of rotatable bonds is 4. The Kier molecular flexibility index (Phi) is 4.86. The molecule has 3 aromatic rings. The highest BCUT2D eigenvalue weighted by atomic mass is 16.4. The minimum atomic E-state index is -0.952. The van der Waals surface area contributed by atoms with Gasteiger partial charge < -0.3 is 10.0 Å². The first-order chi connectivity index (χ1) is 13.5. The van der Waals surface area contributed by atoms with E-state index in [1.807, 2.05) is 29.2 Å². The number of carboxylic acids is 1. The van der Waals surface area contributed by atoms with Gasteiger partial charge in [0.1, 0.15) is 5.56 Å². The largest absolute Gasteiger partial charge is 0.478 e. The van der Waals surface area contributed by atoms with Crippen molar-refractivity contribution in [3.63, 3.8) is 0 Å². The number of hydrogen-bond acceptors (Lipinski definition) is 3. The second kappa shape index (κ2) is 7.46. The van der Waals surface area contributed by atoms with E-state index < -0.39 is 5.97 Å².